The number of hydrogen-bond acceptors (Lipinski definition) is 1. The largest absolute Gasteiger partial charge is 0.142 e. The van der Waals surface area contributed by atoms with Gasteiger partial charge in [0.1, 0.15) is 0 Å². The Balaban J connectivity index is 2.70. The highest BCUT2D eigenvalue weighted by Crippen LogP contribution is 2.47. The van der Waals surface area contributed by atoms with Gasteiger partial charge < -0.3 is 0 Å². The average molecular weight is 219 g/mol. The van der Waals surface area contributed by atoms with Crippen LogP contribution in [0.5, 0.6) is 0 Å². The maximum Gasteiger partial charge on any atom is 0.0160 e. The molecule has 1 heteroatoms. The lowest BCUT2D eigenvalue weighted by Crippen LogP contribution is -2.34. The van der Waals surface area contributed by atoms with Gasteiger partial charge in [-0.25, -0.2) is 0 Å². The van der Waals surface area contributed by atoms with Crippen LogP contribution < -0.4 is 0 Å². The number of rotatable bonds is 0. The van der Waals surface area contributed by atoms with Crippen molar-refractivity contribution in [3.05, 3.63) is 29.3 Å². The summed E-state index contributed by atoms with van der Waals surface area (Å²) in [6.45, 7) is 9.28. The SMILES string of the molecule is CC1(C)CCC(C)(C)c2c(S)[c]ccc21. The fraction of sp³-hybridized carbons (Fsp3) is 0.571. The second-order valence-corrected chi connectivity index (χ2v) is 6.33. The molecular weight excluding hydrogens is 200 g/mol. The maximum atomic E-state index is 4.57. The molecule has 0 saturated carbocycles. The third-order valence-electron chi connectivity index (χ3n) is 3.76. The summed E-state index contributed by atoms with van der Waals surface area (Å²) in [5, 5.41) is 0. The van der Waals surface area contributed by atoms with Gasteiger partial charge in [0.2, 0.25) is 0 Å². The predicted molar refractivity (Wildman–Crippen MR) is 67.8 cm³/mol. The number of thiol groups is 1. The van der Waals surface area contributed by atoms with Crippen molar-refractivity contribution in [2.75, 3.05) is 0 Å². The van der Waals surface area contributed by atoms with E-state index in [2.05, 4.69) is 52.5 Å². The second kappa shape index (κ2) is 3.28. The molecule has 1 aromatic rings. The fourth-order valence-electron chi connectivity index (χ4n) is 2.62. The van der Waals surface area contributed by atoms with Gasteiger partial charge in [0.25, 0.3) is 0 Å². The van der Waals surface area contributed by atoms with E-state index in [1.807, 2.05) is 6.07 Å². The first-order valence-corrected chi connectivity index (χ1v) is 6.04. The number of hydrogen-bond donors (Lipinski definition) is 1. The molecule has 0 unspecified atom stereocenters. The zero-order valence-electron chi connectivity index (χ0n) is 10.0. The standard InChI is InChI=1S/C14H19S/c1-13(2)8-9-14(3,4)12-10(13)6-5-7-11(12)15/h5-6,15H,8-9H2,1-4H3. The van der Waals surface area contributed by atoms with Crippen LogP contribution in [0.3, 0.4) is 0 Å². The van der Waals surface area contributed by atoms with Gasteiger partial charge in [-0.2, -0.15) is 0 Å². The lowest BCUT2D eigenvalue weighted by Gasteiger charge is -2.42. The predicted octanol–water partition coefficient (Wildman–Crippen LogP) is 4.12. The summed E-state index contributed by atoms with van der Waals surface area (Å²) in [6, 6.07) is 7.44. The van der Waals surface area contributed by atoms with E-state index in [0.717, 1.165) is 4.90 Å². The van der Waals surface area contributed by atoms with Gasteiger partial charge in [0, 0.05) is 4.90 Å². The van der Waals surface area contributed by atoms with Crippen molar-refractivity contribution < 1.29 is 0 Å². The second-order valence-electron chi connectivity index (χ2n) is 5.88. The highest BCUT2D eigenvalue weighted by molar-refractivity contribution is 7.80. The summed E-state index contributed by atoms with van der Waals surface area (Å²) in [5.74, 6) is 0. The quantitative estimate of drug-likeness (QED) is 0.623. The smallest absolute Gasteiger partial charge is 0.0160 e. The van der Waals surface area contributed by atoms with Gasteiger partial charge in [-0.3, -0.25) is 0 Å². The molecule has 0 N–H and O–H groups in total. The summed E-state index contributed by atoms with van der Waals surface area (Å²) < 4.78 is 0. The van der Waals surface area contributed by atoms with E-state index >= 15 is 0 Å². The van der Waals surface area contributed by atoms with Gasteiger partial charge in [-0.1, -0.05) is 39.8 Å². The molecular formula is C14H19S. The van der Waals surface area contributed by atoms with E-state index in [0.29, 0.717) is 0 Å². The van der Waals surface area contributed by atoms with Gasteiger partial charge >= 0.3 is 0 Å². The van der Waals surface area contributed by atoms with Crippen molar-refractivity contribution in [2.24, 2.45) is 0 Å². The summed E-state index contributed by atoms with van der Waals surface area (Å²) in [4.78, 5) is 1.03. The van der Waals surface area contributed by atoms with E-state index in [9.17, 15) is 0 Å². The molecule has 0 amide bonds. The van der Waals surface area contributed by atoms with Crippen LogP contribution in [0, 0.1) is 6.07 Å². The topological polar surface area (TPSA) is 0 Å². The van der Waals surface area contributed by atoms with Crippen molar-refractivity contribution in [1.82, 2.24) is 0 Å². The molecule has 2 rings (SSSR count). The molecule has 1 aliphatic carbocycles. The average Bonchev–Trinajstić information content (AvgIpc) is 2.13. The van der Waals surface area contributed by atoms with Crippen LogP contribution in [0.25, 0.3) is 0 Å². The van der Waals surface area contributed by atoms with Gasteiger partial charge in [0.15, 0.2) is 0 Å². The first-order chi connectivity index (χ1) is 6.84. The first-order valence-electron chi connectivity index (χ1n) is 5.59. The highest BCUT2D eigenvalue weighted by Gasteiger charge is 2.37. The minimum Gasteiger partial charge on any atom is -0.142 e. The van der Waals surface area contributed by atoms with Crippen LogP contribution in [0.4, 0.5) is 0 Å². The Bertz CT molecular complexity index is 388. The Labute approximate surface area is 98.5 Å². The zero-order chi connectivity index (χ0) is 11.3. The van der Waals surface area contributed by atoms with E-state index in [1.54, 1.807) is 0 Å². The maximum absolute atomic E-state index is 4.57. The van der Waals surface area contributed by atoms with E-state index in [1.165, 1.54) is 24.0 Å². The Morgan fingerprint density at radius 1 is 1.13 bits per heavy atom. The number of fused-ring (bicyclic) bond motifs is 1. The third kappa shape index (κ3) is 1.71. The lowest BCUT2D eigenvalue weighted by molar-refractivity contribution is 0.327. The molecule has 0 heterocycles. The van der Waals surface area contributed by atoms with Crippen molar-refractivity contribution in [1.29, 1.82) is 0 Å². The summed E-state index contributed by atoms with van der Waals surface area (Å²) in [6.07, 6.45) is 2.49. The van der Waals surface area contributed by atoms with Gasteiger partial charge in [-0.15, -0.1) is 12.6 Å². The minimum absolute atomic E-state index is 0.250. The molecule has 15 heavy (non-hydrogen) atoms. The van der Waals surface area contributed by atoms with Crippen molar-refractivity contribution in [3.63, 3.8) is 0 Å². The molecule has 1 radical (unpaired) electrons. The third-order valence-corrected chi connectivity index (χ3v) is 4.11. The van der Waals surface area contributed by atoms with Crippen LogP contribution in [0.1, 0.15) is 51.7 Å². The molecule has 0 bridgehead atoms. The molecule has 0 saturated heterocycles. The fourth-order valence-corrected chi connectivity index (χ4v) is 3.12. The molecule has 0 aliphatic heterocycles. The molecule has 1 aliphatic rings. The van der Waals surface area contributed by atoms with Crippen molar-refractivity contribution >= 4 is 12.6 Å². The molecule has 1 aromatic carbocycles. The van der Waals surface area contributed by atoms with Crippen LogP contribution >= 0.6 is 12.6 Å². The normalized spacial score (nSPS) is 22.2. The highest BCUT2D eigenvalue weighted by atomic mass is 32.1. The Kier molecular flexibility index (Phi) is 2.42. The van der Waals surface area contributed by atoms with Crippen molar-refractivity contribution in [2.45, 2.75) is 56.3 Å². The minimum atomic E-state index is 0.250. The van der Waals surface area contributed by atoms with Crippen LogP contribution in [0.15, 0.2) is 17.0 Å². The molecule has 0 aromatic heterocycles. The first kappa shape index (κ1) is 11.1. The lowest BCUT2D eigenvalue weighted by atomic mass is 9.63. The van der Waals surface area contributed by atoms with Gasteiger partial charge in [0.05, 0.1) is 0 Å². The monoisotopic (exact) mass is 219 g/mol. The molecule has 0 nitrogen and oxygen atoms in total. The zero-order valence-corrected chi connectivity index (χ0v) is 10.9. The number of benzene rings is 1. The Morgan fingerprint density at radius 3 is 2.33 bits per heavy atom. The van der Waals surface area contributed by atoms with Crippen LogP contribution in [-0.2, 0) is 10.8 Å². The summed E-state index contributed by atoms with van der Waals surface area (Å²) in [5.41, 5.74) is 3.41. The molecule has 0 spiro atoms. The molecule has 81 valence electrons. The summed E-state index contributed by atoms with van der Waals surface area (Å²) >= 11 is 4.57. The summed E-state index contributed by atoms with van der Waals surface area (Å²) in [7, 11) is 0. The van der Waals surface area contributed by atoms with E-state index in [4.69, 9.17) is 0 Å². The Morgan fingerprint density at radius 2 is 1.73 bits per heavy atom. The van der Waals surface area contributed by atoms with Crippen LogP contribution in [-0.4, -0.2) is 0 Å². The molecule has 0 atom stereocenters. The molecule has 0 fully saturated rings. The Hall–Kier alpha value is -0.430. The van der Waals surface area contributed by atoms with E-state index < -0.39 is 0 Å². The van der Waals surface area contributed by atoms with Crippen molar-refractivity contribution in [3.8, 4) is 0 Å². The van der Waals surface area contributed by atoms with Gasteiger partial charge in [-0.05, 0) is 40.9 Å². The van der Waals surface area contributed by atoms with E-state index in [-0.39, 0.29) is 10.8 Å². The van der Waals surface area contributed by atoms with Crippen LogP contribution in [0.2, 0.25) is 0 Å².